The largest absolute Gasteiger partial charge is 0.506 e. The first-order valence-corrected chi connectivity index (χ1v) is 10.0. The van der Waals surface area contributed by atoms with Crippen LogP contribution in [0.2, 0.25) is 5.02 Å². The van der Waals surface area contributed by atoms with Crippen molar-refractivity contribution in [2.75, 3.05) is 13.1 Å². The fourth-order valence-corrected chi connectivity index (χ4v) is 3.89. The summed E-state index contributed by atoms with van der Waals surface area (Å²) in [7, 11) is 0. The summed E-state index contributed by atoms with van der Waals surface area (Å²) < 4.78 is 0. The fourth-order valence-electron chi connectivity index (χ4n) is 3.70. The van der Waals surface area contributed by atoms with Gasteiger partial charge in [-0.1, -0.05) is 48.0 Å². The first kappa shape index (κ1) is 19.4. The molecule has 3 aromatic carbocycles. The molecule has 0 spiro atoms. The highest BCUT2D eigenvalue weighted by molar-refractivity contribution is 6.32. The molecule has 29 heavy (non-hydrogen) atoms. The normalized spacial score (nSPS) is 14.7. The van der Waals surface area contributed by atoms with Crippen LogP contribution in [0.15, 0.2) is 59.7 Å². The average molecular weight is 408 g/mol. The fraction of sp³-hybridized carbons (Fsp3) is 0.217. The highest BCUT2D eigenvalue weighted by atomic mass is 35.5. The Bertz CT molecular complexity index is 1070. The lowest BCUT2D eigenvalue weighted by molar-refractivity contribution is 0.0955. The minimum absolute atomic E-state index is 0.0628. The quantitative estimate of drug-likeness (QED) is 0.481. The van der Waals surface area contributed by atoms with Crippen LogP contribution in [-0.4, -0.2) is 35.2 Å². The number of hydrogen-bond donors (Lipinski definition) is 2. The van der Waals surface area contributed by atoms with E-state index < -0.39 is 5.91 Å². The number of carbonyl (C=O) groups excluding carboxylic acids is 1. The maximum atomic E-state index is 12.2. The number of likely N-dealkylation sites (tertiary alicyclic amines) is 1. The third kappa shape index (κ3) is 4.42. The van der Waals surface area contributed by atoms with E-state index >= 15 is 0 Å². The molecule has 1 aliphatic heterocycles. The van der Waals surface area contributed by atoms with Crippen LogP contribution in [0.3, 0.4) is 0 Å². The van der Waals surface area contributed by atoms with E-state index in [-0.39, 0.29) is 10.8 Å². The minimum atomic E-state index is -0.391. The predicted molar refractivity (Wildman–Crippen MR) is 117 cm³/mol. The average Bonchev–Trinajstić information content (AvgIpc) is 3.23. The van der Waals surface area contributed by atoms with Gasteiger partial charge >= 0.3 is 0 Å². The molecule has 3 aromatic rings. The zero-order chi connectivity index (χ0) is 20.2. The Morgan fingerprint density at radius 1 is 1.10 bits per heavy atom. The highest BCUT2D eigenvalue weighted by Crippen LogP contribution is 2.25. The Labute approximate surface area is 174 Å². The number of fused-ring (bicyclic) bond motifs is 1. The first-order valence-electron chi connectivity index (χ1n) is 9.67. The maximum absolute atomic E-state index is 12.2. The number of hydrogen-bond acceptors (Lipinski definition) is 4. The number of hydrazone groups is 1. The van der Waals surface area contributed by atoms with E-state index in [0.717, 1.165) is 30.6 Å². The molecule has 0 saturated carbocycles. The van der Waals surface area contributed by atoms with Crippen molar-refractivity contribution in [3.63, 3.8) is 0 Å². The predicted octanol–water partition coefficient (Wildman–Crippen LogP) is 4.56. The highest BCUT2D eigenvalue weighted by Gasteiger charge is 2.13. The van der Waals surface area contributed by atoms with Gasteiger partial charge < -0.3 is 5.11 Å². The standard InChI is InChI=1S/C23H22ClN3O2/c24-21-13-16(9-10-22(21)28)23(29)26-25-14-17-5-3-8-20-18(6-4-7-19(17)20)15-27-11-1-2-12-27/h3-10,13-14,28H,1-2,11-12,15H2,(H,26,29). The van der Waals surface area contributed by atoms with Gasteiger partial charge in [0, 0.05) is 17.7 Å². The molecule has 0 unspecified atom stereocenters. The van der Waals surface area contributed by atoms with E-state index in [0.29, 0.717) is 5.56 Å². The maximum Gasteiger partial charge on any atom is 0.271 e. The van der Waals surface area contributed by atoms with Crippen LogP contribution >= 0.6 is 11.6 Å². The summed E-state index contributed by atoms with van der Waals surface area (Å²) >= 11 is 5.86. The number of phenols is 1. The van der Waals surface area contributed by atoms with Crippen molar-refractivity contribution in [1.29, 1.82) is 0 Å². The van der Waals surface area contributed by atoms with E-state index in [4.69, 9.17) is 11.6 Å². The van der Waals surface area contributed by atoms with Crippen LogP contribution in [0.1, 0.15) is 34.3 Å². The molecular weight excluding hydrogens is 386 g/mol. The smallest absolute Gasteiger partial charge is 0.271 e. The molecular formula is C23H22ClN3O2. The first-order chi connectivity index (χ1) is 14.1. The molecule has 1 aliphatic rings. The van der Waals surface area contributed by atoms with Crippen LogP contribution in [0.5, 0.6) is 5.75 Å². The summed E-state index contributed by atoms with van der Waals surface area (Å²) in [5.41, 5.74) is 5.09. The van der Waals surface area contributed by atoms with Crippen LogP contribution in [0.25, 0.3) is 10.8 Å². The van der Waals surface area contributed by atoms with Crippen molar-refractivity contribution < 1.29 is 9.90 Å². The Balaban J connectivity index is 1.52. The van der Waals surface area contributed by atoms with E-state index in [1.165, 1.54) is 42.0 Å². The molecule has 0 atom stereocenters. The second-order valence-electron chi connectivity index (χ2n) is 7.21. The van der Waals surface area contributed by atoms with Gasteiger partial charge in [0.1, 0.15) is 5.75 Å². The number of halogens is 1. The van der Waals surface area contributed by atoms with Crippen molar-refractivity contribution in [1.82, 2.24) is 10.3 Å². The molecule has 1 heterocycles. The second kappa shape index (κ2) is 8.64. The summed E-state index contributed by atoms with van der Waals surface area (Å²) in [5, 5.41) is 16.0. The lowest BCUT2D eigenvalue weighted by Crippen LogP contribution is -2.18. The number of carbonyl (C=O) groups is 1. The van der Waals surface area contributed by atoms with E-state index in [9.17, 15) is 9.90 Å². The van der Waals surface area contributed by atoms with Gasteiger partial charge in [0.05, 0.1) is 11.2 Å². The van der Waals surface area contributed by atoms with Gasteiger partial charge in [0.25, 0.3) is 5.91 Å². The topological polar surface area (TPSA) is 64.9 Å². The third-order valence-corrected chi connectivity index (χ3v) is 5.52. The lowest BCUT2D eigenvalue weighted by Gasteiger charge is -2.16. The van der Waals surface area contributed by atoms with Crippen LogP contribution in [0.4, 0.5) is 0 Å². The molecule has 1 saturated heterocycles. The number of nitrogens with zero attached hydrogens (tertiary/aromatic N) is 2. The SMILES string of the molecule is O=C(NN=Cc1cccc2c(CN3CCCC3)cccc12)c1ccc(O)c(Cl)c1. The summed E-state index contributed by atoms with van der Waals surface area (Å²) in [4.78, 5) is 14.7. The van der Waals surface area contributed by atoms with Gasteiger partial charge in [-0.15, -0.1) is 0 Å². The molecule has 0 radical (unpaired) electrons. The van der Waals surface area contributed by atoms with Crippen LogP contribution in [0, 0.1) is 0 Å². The number of amides is 1. The van der Waals surface area contributed by atoms with Gasteiger partial charge in [0.15, 0.2) is 0 Å². The van der Waals surface area contributed by atoms with Crippen molar-refractivity contribution in [2.45, 2.75) is 19.4 Å². The molecule has 1 amide bonds. The third-order valence-electron chi connectivity index (χ3n) is 5.22. The summed E-state index contributed by atoms with van der Waals surface area (Å²) in [6.45, 7) is 3.27. The molecule has 0 bridgehead atoms. The Morgan fingerprint density at radius 3 is 2.66 bits per heavy atom. The van der Waals surface area contributed by atoms with E-state index in [2.05, 4.69) is 39.7 Å². The minimum Gasteiger partial charge on any atom is -0.506 e. The van der Waals surface area contributed by atoms with Crippen molar-refractivity contribution in [3.05, 3.63) is 76.3 Å². The molecule has 4 rings (SSSR count). The summed E-state index contributed by atoms with van der Waals surface area (Å²) in [5.74, 6) is -0.453. The second-order valence-corrected chi connectivity index (χ2v) is 7.62. The van der Waals surface area contributed by atoms with Crippen molar-refractivity contribution >= 4 is 34.5 Å². The Kier molecular flexibility index (Phi) is 5.79. The molecule has 0 aromatic heterocycles. The molecule has 1 fully saturated rings. The lowest BCUT2D eigenvalue weighted by atomic mass is 10.0. The van der Waals surface area contributed by atoms with Crippen LogP contribution < -0.4 is 5.43 Å². The van der Waals surface area contributed by atoms with Gasteiger partial charge in [-0.05, 0) is 60.5 Å². The molecule has 6 heteroatoms. The number of aromatic hydroxyl groups is 1. The molecule has 2 N–H and O–H groups in total. The van der Waals surface area contributed by atoms with Crippen LogP contribution in [-0.2, 0) is 6.54 Å². The van der Waals surface area contributed by atoms with Gasteiger partial charge in [-0.25, -0.2) is 5.43 Å². The number of rotatable bonds is 5. The van der Waals surface area contributed by atoms with Gasteiger partial charge in [-0.2, -0.15) is 5.10 Å². The zero-order valence-corrected chi connectivity index (χ0v) is 16.7. The van der Waals surface area contributed by atoms with Crippen molar-refractivity contribution in [2.24, 2.45) is 5.10 Å². The van der Waals surface area contributed by atoms with Crippen molar-refractivity contribution in [3.8, 4) is 5.75 Å². The molecule has 5 nitrogen and oxygen atoms in total. The number of benzene rings is 3. The monoisotopic (exact) mass is 407 g/mol. The molecule has 0 aliphatic carbocycles. The zero-order valence-electron chi connectivity index (χ0n) is 15.9. The van der Waals surface area contributed by atoms with Gasteiger partial charge in [0.2, 0.25) is 0 Å². The Hall–Kier alpha value is -2.89. The summed E-state index contributed by atoms with van der Waals surface area (Å²) in [6.07, 6.45) is 4.20. The molecule has 148 valence electrons. The van der Waals surface area contributed by atoms with Gasteiger partial charge in [-0.3, -0.25) is 9.69 Å². The number of phenolic OH excluding ortho intramolecular Hbond substituents is 1. The van der Waals surface area contributed by atoms with E-state index in [1.54, 1.807) is 6.21 Å². The number of nitrogens with one attached hydrogen (secondary N) is 1. The Morgan fingerprint density at radius 2 is 1.86 bits per heavy atom. The summed E-state index contributed by atoms with van der Waals surface area (Å²) in [6, 6.07) is 16.7. The van der Waals surface area contributed by atoms with E-state index in [1.807, 2.05) is 12.1 Å².